The predicted molar refractivity (Wildman–Crippen MR) is 75.2 cm³/mol. The maximum atomic E-state index is 12.0. The Bertz CT molecular complexity index is 673. The first-order valence-corrected chi connectivity index (χ1v) is 6.13. The van der Waals surface area contributed by atoms with Crippen LogP contribution in [0.4, 0.5) is 0 Å². The third kappa shape index (κ3) is 2.32. The van der Waals surface area contributed by atoms with Crippen molar-refractivity contribution >= 4 is 23.2 Å². The Morgan fingerprint density at radius 1 is 1.50 bits per heavy atom. The summed E-state index contributed by atoms with van der Waals surface area (Å²) in [5, 5.41) is 4.12. The maximum absolute atomic E-state index is 12.0. The zero-order valence-electron chi connectivity index (χ0n) is 11.6. The zero-order valence-corrected chi connectivity index (χ0v) is 11.6. The monoisotopic (exact) mass is 276 g/mol. The number of hydrazone groups is 1. The number of carbonyl (C=O) groups excluding carboxylic acids is 1. The molecule has 1 aromatic heterocycles. The number of nitrogens with two attached hydrogens (primary N) is 1. The quantitative estimate of drug-likeness (QED) is 0.400. The first-order chi connectivity index (χ1) is 9.62. The van der Waals surface area contributed by atoms with E-state index in [0.717, 1.165) is 0 Å². The number of furan rings is 1. The minimum atomic E-state index is -0.411. The molecule has 0 aliphatic rings. The van der Waals surface area contributed by atoms with Crippen LogP contribution in [0.5, 0.6) is 5.75 Å². The maximum Gasteiger partial charge on any atom is 0.342 e. The van der Waals surface area contributed by atoms with Crippen molar-refractivity contribution in [2.45, 2.75) is 13.8 Å². The molecule has 1 heterocycles. The molecule has 0 aliphatic heterocycles. The van der Waals surface area contributed by atoms with Gasteiger partial charge in [-0.05, 0) is 26.0 Å². The summed E-state index contributed by atoms with van der Waals surface area (Å²) < 4.78 is 15.9. The van der Waals surface area contributed by atoms with Crippen molar-refractivity contribution in [3.05, 3.63) is 29.0 Å². The van der Waals surface area contributed by atoms with E-state index in [4.69, 9.17) is 19.7 Å². The average Bonchev–Trinajstić information content (AvgIpc) is 2.73. The summed E-state index contributed by atoms with van der Waals surface area (Å²) in [5.41, 5.74) is 1.64. The number of hydrogen-bond acceptors (Lipinski definition) is 6. The van der Waals surface area contributed by atoms with Gasteiger partial charge in [-0.3, -0.25) is 0 Å². The van der Waals surface area contributed by atoms with Gasteiger partial charge in [-0.2, -0.15) is 5.10 Å². The van der Waals surface area contributed by atoms with Gasteiger partial charge in [0.15, 0.2) is 0 Å². The molecule has 0 amide bonds. The number of rotatable bonds is 4. The van der Waals surface area contributed by atoms with E-state index >= 15 is 0 Å². The highest BCUT2D eigenvalue weighted by Gasteiger charge is 2.21. The minimum Gasteiger partial charge on any atom is -0.496 e. The van der Waals surface area contributed by atoms with Crippen molar-refractivity contribution in [2.75, 3.05) is 13.7 Å². The van der Waals surface area contributed by atoms with Crippen LogP contribution in [-0.4, -0.2) is 25.9 Å². The second-order valence-electron chi connectivity index (χ2n) is 4.12. The molecule has 106 valence electrons. The van der Waals surface area contributed by atoms with Crippen molar-refractivity contribution in [1.29, 1.82) is 0 Å². The summed E-state index contributed by atoms with van der Waals surface area (Å²) in [6.45, 7) is 3.78. The first-order valence-electron chi connectivity index (χ1n) is 6.13. The van der Waals surface area contributed by atoms with Crippen LogP contribution in [0.2, 0.25) is 0 Å². The van der Waals surface area contributed by atoms with E-state index in [2.05, 4.69) is 5.10 Å². The van der Waals surface area contributed by atoms with Crippen LogP contribution in [0.25, 0.3) is 11.0 Å². The third-order valence-electron chi connectivity index (χ3n) is 2.91. The summed E-state index contributed by atoms with van der Waals surface area (Å²) in [7, 11) is 1.53. The smallest absolute Gasteiger partial charge is 0.342 e. The van der Waals surface area contributed by atoms with Crippen LogP contribution >= 0.6 is 0 Å². The second-order valence-corrected chi connectivity index (χ2v) is 4.12. The van der Waals surface area contributed by atoms with E-state index < -0.39 is 5.97 Å². The van der Waals surface area contributed by atoms with Gasteiger partial charge in [0, 0.05) is 10.9 Å². The molecule has 0 bridgehead atoms. The molecule has 2 aromatic rings. The molecule has 0 fully saturated rings. The Morgan fingerprint density at radius 2 is 2.25 bits per heavy atom. The molecule has 0 aliphatic carbocycles. The van der Waals surface area contributed by atoms with E-state index in [-0.39, 0.29) is 0 Å². The molecule has 6 heteroatoms. The number of nitrogens with zero attached hydrogens (tertiary/aromatic N) is 1. The minimum absolute atomic E-state index is 0.306. The fraction of sp³-hybridized carbons (Fsp3) is 0.286. The molecule has 2 N–H and O–H groups in total. The highest BCUT2D eigenvalue weighted by atomic mass is 16.5. The van der Waals surface area contributed by atoms with Crippen LogP contribution in [0.15, 0.2) is 21.7 Å². The van der Waals surface area contributed by atoms with Crippen molar-refractivity contribution in [3.63, 3.8) is 0 Å². The second kappa shape index (κ2) is 5.64. The largest absolute Gasteiger partial charge is 0.496 e. The molecule has 20 heavy (non-hydrogen) atoms. The summed E-state index contributed by atoms with van der Waals surface area (Å²) in [4.78, 5) is 12.0. The molecule has 0 spiro atoms. The summed E-state index contributed by atoms with van der Waals surface area (Å²) in [6.07, 6.45) is 1.46. The lowest BCUT2D eigenvalue weighted by Crippen LogP contribution is -2.05. The van der Waals surface area contributed by atoms with Crippen LogP contribution < -0.4 is 10.6 Å². The molecule has 0 atom stereocenters. The number of esters is 1. The molecule has 0 saturated heterocycles. The Hall–Kier alpha value is -2.50. The van der Waals surface area contributed by atoms with E-state index in [0.29, 0.717) is 40.2 Å². The van der Waals surface area contributed by atoms with Crippen molar-refractivity contribution < 1.29 is 18.7 Å². The van der Waals surface area contributed by atoms with Gasteiger partial charge >= 0.3 is 5.97 Å². The number of carbonyl (C=O) groups is 1. The lowest BCUT2D eigenvalue weighted by molar-refractivity contribution is 0.0526. The number of aryl methyl sites for hydroxylation is 1. The summed E-state index contributed by atoms with van der Waals surface area (Å²) in [5.74, 6) is 5.81. The van der Waals surface area contributed by atoms with Gasteiger partial charge in [0.1, 0.15) is 22.7 Å². The van der Waals surface area contributed by atoms with Gasteiger partial charge in [-0.25, -0.2) is 4.79 Å². The van der Waals surface area contributed by atoms with Crippen molar-refractivity contribution in [3.8, 4) is 5.75 Å². The van der Waals surface area contributed by atoms with Crippen molar-refractivity contribution in [1.82, 2.24) is 0 Å². The Labute approximate surface area is 116 Å². The lowest BCUT2D eigenvalue weighted by Gasteiger charge is -2.05. The average molecular weight is 276 g/mol. The zero-order chi connectivity index (χ0) is 14.7. The van der Waals surface area contributed by atoms with Gasteiger partial charge in [0.2, 0.25) is 0 Å². The summed E-state index contributed by atoms with van der Waals surface area (Å²) >= 11 is 0. The Balaban J connectivity index is 2.67. The van der Waals surface area contributed by atoms with Gasteiger partial charge in [0.05, 0.1) is 19.9 Å². The van der Waals surface area contributed by atoms with Crippen LogP contribution in [0.3, 0.4) is 0 Å². The van der Waals surface area contributed by atoms with Crippen LogP contribution in [-0.2, 0) is 4.74 Å². The van der Waals surface area contributed by atoms with Crippen LogP contribution in [0, 0.1) is 6.92 Å². The van der Waals surface area contributed by atoms with Gasteiger partial charge in [0.25, 0.3) is 0 Å². The van der Waals surface area contributed by atoms with E-state index in [1.165, 1.54) is 13.3 Å². The fourth-order valence-electron chi connectivity index (χ4n) is 2.08. The number of benzene rings is 1. The fourth-order valence-corrected chi connectivity index (χ4v) is 2.08. The lowest BCUT2D eigenvalue weighted by atomic mass is 10.1. The molecule has 2 rings (SSSR count). The molecule has 0 radical (unpaired) electrons. The standard InChI is InChI=1S/C14H16N2O4/c1-4-19-14(17)13-8(2)20-12-5-9(7-16-15)11(18-3)6-10(12)13/h5-7H,4,15H2,1-3H3. The molecule has 0 saturated carbocycles. The predicted octanol–water partition coefficient (Wildman–Crippen LogP) is 2.22. The first kappa shape index (κ1) is 13.9. The summed E-state index contributed by atoms with van der Waals surface area (Å²) in [6, 6.07) is 3.44. The van der Waals surface area contributed by atoms with Crippen molar-refractivity contribution in [2.24, 2.45) is 10.9 Å². The van der Waals surface area contributed by atoms with Crippen LogP contribution in [0.1, 0.15) is 28.6 Å². The number of fused-ring (bicyclic) bond motifs is 1. The molecular formula is C14H16N2O4. The number of ether oxygens (including phenoxy) is 2. The Kier molecular flexibility index (Phi) is 3.93. The SMILES string of the molecule is CCOC(=O)c1c(C)oc2cc(C=NN)c(OC)cc12. The van der Waals surface area contributed by atoms with Gasteiger partial charge < -0.3 is 19.7 Å². The van der Waals surface area contributed by atoms with Gasteiger partial charge in [-0.15, -0.1) is 0 Å². The normalized spacial score (nSPS) is 11.2. The highest BCUT2D eigenvalue weighted by Crippen LogP contribution is 2.31. The van der Waals surface area contributed by atoms with E-state index in [1.54, 1.807) is 26.0 Å². The third-order valence-corrected chi connectivity index (χ3v) is 2.91. The topological polar surface area (TPSA) is 87.0 Å². The van der Waals surface area contributed by atoms with E-state index in [1.807, 2.05) is 0 Å². The number of hydrogen-bond donors (Lipinski definition) is 1. The Morgan fingerprint density at radius 3 is 2.85 bits per heavy atom. The molecule has 1 aromatic carbocycles. The molecule has 0 unspecified atom stereocenters. The van der Waals surface area contributed by atoms with Gasteiger partial charge in [-0.1, -0.05) is 0 Å². The highest BCUT2D eigenvalue weighted by molar-refractivity contribution is 6.06. The molecule has 6 nitrogen and oxygen atoms in total. The number of methoxy groups -OCH3 is 1. The molecular weight excluding hydrogens is 260 g/mol. The van der Waals surface area contributed by atoms with E-state index in [9.17, 15) is 4.79 Å².